The number of benzene rings is 2. The van der Waals surface area contributed by atoms with Gasteiger partial charge in [0.25, 0.3) is 0 Å². The molecule has 36 heavy (non-hydrogen) atoms. The number of aromatic amines is 1. The molecule has 188 valence electrons. The molecular formula is C26H31N7O3. The number of nitrogens with one attached hydrogen (secondary N) is 2. The van der Waals surface area contributed by atoms with Gasteiger partial charge in [0, 0.05) is 55.1 Å². The summed E-state index contributed by atoms with van der Waals surface area (Å²) >= 11 is 0. The fourth-order valence-electron chi connectivity index (χ4n) is 3.92. The van der Waals surface area contributed by atoms with Gasteiger partial charge >= 0.3 is 5.97 Å². The first kappa shape index (κ1) is 24.8. The molecule has 0 aliphatic heterocycles. The Morgan fingerprint density at radius 1 is 1.11 bits per heavy atom. The Hall–Kier alpha value is -4.31. The summed E-state index contributed by atoms with van der Waals surface area (Å²) < 4.78 is 10.5. The highest BCUT2D eigenvalue weighted by Crippen LogP contribution is 2.36. The lowest BCUT2D eigenvalue weighted by Crippen LogP contribution is -2.29. The maximum absolute atomic E-state index is 12.0. The SMILES string of the molecule is COC(=O)c1ccc2[nH]cc(-c3ccnc(Nc4cc(N)c(N(C)CCN(C)C)cc4OC)n3)c2c1. The van der Waals surface area contributed by atoms with E-state index in [4.69, 9.17) is 20.2 Å². The molecule has 0 radical (unpaired) electrons. The molecule has 0 fully saturated rings. The van der Waals surface area contributed by atoms with Gasteiger partial charge in [-0.25, -0.2) is 14.8 Å². The molecule has 2 aromatic carbocycles. The third-order valence-electron chi connectivity index (χ3n) is 5.92. The van der Waals surface area contributed by atoms with Crippen molar-refractivity contribution in [1.29, 1.82) is 0 Å². The summed E-state index contributed by atoms with van der Waals surface area (Å²) in [6.45, 7) is 1.72. The van der Waals surface area contributed by atoms with E-state index in [9.17, 15) is 4.79 Å². The van der Waals surface area contributed by atoms with E-state index in [1.165, 1.54) is 7.11 Å². The first-order valence-corrected chi connectivity index (χ1v) is 11.4. The van der Waals surface area contributed by atoms with E-state index < -0.39 is 5.97 Å². The normalized spacial score (nSPS) is 11.1. The summed E-state index contributed by atoms with van der Waals surface area (Å²) in [4.78, 5) is 28.5. The lowest BCUT2D eigenvalue weighted by molar-refractivity contribution is 0.0601. The van der Waals surface area contributed by atoms with Gasteiger partial charge in [0.1, 0.15) is 5.75 Å². The molecule has 0 unspecified atom stereocenters. The van der Waals surface area contributed by atoms with Gasteiger partial charge in [-0.3, -0.25) is 0 Å². The summed E-state index contributed by atoms with van der Waals surface area (Å²) in [7, 11) is 9.05. The number of carbonyl (C=O) groups excluding carboxylic acids is 1. The highest BCUT2D eigenvalue weighted by atomic mass is 16.5. The van der Waals surface area contributed by atoms with Crippen LogP contribution in [0.5, 0.6) is 5.75 Å². The number of carbonyl (C=O) groups is 1. The van der Waals surface area contributed by atoms with E-state index in [1.807, 2.05) is 51.6 Å². The van der Waals surface area contributed by atoms with Gasteiger partial charge in [-0.15, -0.1) is 0 Å². The monoisotopic (exact) mass is 489 g/mol. The van der Waals surface area contributed by atoms with Gasteiger partial charge < -0.3 is 35.3 Å². The smallest absolute Gasteiger partial charge is 0.337 e. The molecule has 0 amide bonds. The number of rotatable bonds is 9. The fourth-order valence-corrected chi connectivity index (χ4v) is 3.92. The molecule has 4 rings (SSSR count). The standard InChI is InChI=1S/C26H31N7O3/c1-32(2)10-11-33(3)23-14-24(35-4)22(13-19(23)27)31-26-28-9-8-21(30-26)18-15-29-20-7-6-16(12-17(18)20)25(34)36-5/h6-9,12-15,29H,10-11,27H2,1-5H3,(H,28,30,31). The van der Waals surface area contributed by atoms with Gasteiger partial charge in [0.05, 0.1) is 42.5 Å². The number of anilines is 4. The van der Waals surface area contributed by atoms with Gasteiger partial charge in [-0.05, 0) is 44.4 Å². The number of nitrogen functional groups attached to an aromatic ring is 1. The lowest BCUT2D eigenvalue weighted by atomic mass is 10.1. The molecule has 4 N–H and O–H groups in total. The second kappa shape index (κ2) is 10.5. The van der Waals surface area contributed by atoms with E-state index in [2.05, 4.69) is 25.1 Å². The molecule has 0 saturated heterocycles. The predicted molar refractivity (Wildman–Crippen MR) is 143 cm³/mol. The zero-order chi connectivity index (χ0) is 25.8. The summed E-state index contributed by atoms with van der Waals surface area (Å²) in [6.07, 6.45) is 3.53. The van der Waals surface area contributed by atoms with Crippen molar-refractivity contribution in [3.8, 4) is 17.0 Å². The highest BCUT2D eigenvalue weighted by Gasteiger charge is 2.15. The van der Waals surface area contributed by atoms with Crippen LogP contribution in [0.3, 0.4) is 0 Å². The molecule has 0 aliphatic carbocycles. The van der Waals surface area contributed by atoms with Gasteiger partial charge in [-0.2, -0.15) is 0 Å². The van der Waals surface area contributed by atoms with E-state index in [1.54, 1.807) is 25.4 Å². The van der Waals surface area contributed by atoms with E-state index in [0.29, 0.717) is 34.3 Å². The van der Waals surface area contributed by atoms with Crippen LogP contribution < -0.4 is 20.7 Å². The number of hydrogen-bond donors (Lipinski definition) is 3. The maximum Gasteiger partial charge on any atom is 0.337 e. The summed E-state index contributed by atoms with van der Waals surface area (Å²) in [5.41, 5.74) is 11.4. The number of nitrogens with zero attached hydrogens (tertiary/aromatic N) is 4. The Morgan fingerprint density at radius 3 is 2.64 bits per heavy atom. The number of methoxy groups -OCH3 is 2. The number of likely N-dealkylation sites (N-methyl/N-ethyl adjacent to an activating group) is 2. The third-order valence-corrected chi connectivity index (χ3v) is 5.92. The Bertz CT molecular complexity index is 1380. The van der Waals surface area contributed by atoms with Crippen molar-refractivity contribution < 1.29 is 14.3 Å². The van der Waals surface area contributed by atoms with Crippen LogP contribution in [0, 0.1) is 0 Å². The largest absolute Gasteiger partial charge is 0.494 e. The molecule has 4 aromatic rings. The van der Waals surface area contributed by atoms with Gasteiger partial charge in [0.15, 0.2) is 0 Å². The van der Waals surface area contributed by atoms with Gasteiger partial charge in [-0.1, -0.05) is 0 Å². The van der Waals surface area contributed by atoms with Crippen LogP contribution in [0.4, 0.5) is 23.0 Å². The highest BCUT2D eigenvalue weighted by molar-refractivity contribution is 6.00. The average molecular weight is 490 g/mol. The topological polar surface area (TPSA) is 122 Å². The number of esters is 1. The first-order valence-electron chi connectivity index (χ1n) is 11.4. The molecule has 2 heterocycles. The van der Waals surface area contributed by atoms with E-state index in [-0.39, 0.29) is 0 Å². The van der Waals surface area contributed by atoms with Crippen molar-refractivity contribution in [1.82, 2.24) is 19.9 Å². The molecule has 0 bridgehead atoms. The number of aromatic nitrogens is 3. The summed E-state index contributed by atoms with van der Waals surface area (Å²) in [5, 5.41) is 4.09. The minimum absolute atomic E-state index is 0.386. The fraction of sp³-hybridized carbons (Fsp3) is 0.269. The van der Waals surface area contributed by atoms with Crippen LogP contribution in [0.15, 0.2) is 48.8 Å². The number of fused-ring (bicyclic) bond motifs is 1. The van der Waals surface area contributed by atoms with E-state index >= 15 is 0 Å². The van der Waals surface area contributed by atoms with Crippen LogP contribution >= 0.6 is 0 Å². The predicted octanol–water partition coefficient (Wildman–Crippen LogP) is 3.74. The van der Waals surface area contributed by atoms with Crippen molar-refractivity contribution in [2.45, 2.75) is 0 Å². The quantitative estimate of drug-likeness (QED) is 0.238. The van der Waals surface area contributed by atoms with Crippen LogP contribution in [-0.4, -0.2) is 74.3 Å². The zero-order valence-corrected chi connectivity index (χ0v) is 21.1. The second-order valence-electron chi connectivity index (χ2n) is 8.68. The summed E-state index contributed by atoms with van der Waals surface area (Å²) in [6, 6.07) is 10.9. The van der Waals surface area contributed by atoms with Crippen molar-refractivity contribution in [2.75, 3.05) is 64.4 Å². The Morgan fingerprint density at radius 2 is 1.92 bits per heavy atom. The molecule has 10 heteroatoms. The number of ether oxygens (including phenoxy) is 2. The molecule has 2 aromatic heterocycles. The molecule has 0 spiro atoms. The van der Waals surface area contributed by atoms with Crippen molar-refractivity contribution in [3.63, 3.8) is 0 Å². The number of nitrogens with two attached hydrogens (primary N) is 1. The third kappa shape index (κ3) is 5.18. The van der Waals surface area contributed by atoms with Gasteiger partial charge in [0.2, 0.25) is 5.95 Å². The Balaban J connectivity index is 1.64. The number of hydrogen-bond acceptors (Lipinski definition) is 9. The maximum atomic E-state index is 12.0. The first-order chi connectivity index (χ1) is 17.3. The zero-order valence-electron chi connectivity index (χ0n) is 21.1. The minimum Gasteiger partial charge on any atom is -0.494 e. The number of H-pyrrole nitrogens is 1. The molecule has 0 atom stereocenters. The van der Waals surface area contributed by atoms with Crippen LogP contribution in [0.25, 0.3) is 22.2 Å². The average Bonchev–Trinajstić information content (AvgIpc) is 3.30. The molecular weight excluding hydrogens is 458 g/mol. The second-order valence-corrected chi connectivity index (χ2v) is 8.68. The lowest BCUT2D eigenvalue weighted by Gasteiger charge is -2.24. The van der Waals surface area contributed by atoms with Crippen LogP contribution in [0.1, 0.15) is 10.4 Å². The van der Waals surface area contributed by atoms with Crippen molar-refractivity contribution in [3.05, 3.63) is 54.4 Å². The van der Waals surface area contributed by atoms with Crippen molar-refractivity contribution in [2.24, 2.45) is 0 Å². The molecule has 10 nitrogen and oxygen atoms in total. The molecule has 0 saturated carbocycles. The molecule has 0 aliphatic rings. The van der Waals surface area contributed by atoms with Crippen molar-refractivity contribution >= 4 is 39.9 Å². The Labute approximate surface area is 210 Å². The van der Waals surface area contributed by atoms with Crippen LogP contribution in [-0.2, 0) is 4.74 Å². The summed E-state index contributed by atoms with van der Waals surface area (Å²) in [5.74, 6) is 0.617. The Kier molecular flexibility index (Phi) is 7.25. The van der Waals surface area contributed by atoms with Crippen LogP contribution in [0.2, 0.25) is 0 Å². The van der Waals surface area contributed by atoms with E-state index in [0.717, 1.165) is 35.2 Å². The minimum atomic E-state index is -0.394.